The zero-order chi connectivity index (χ0) is 18.7. The number of ether oxygens (including phenoxy) is 1. The van der Waals surface area contributed by atoms with Gasteiger partial charge in [0, 0.05) is 10.6 Å². The molecule has 1 aliphatic heterocycles. The largest absolute Gasteiger partial charge is 0.490 e. The molecule has 2 aromatic carbocycles. The van der Waals surface area contributed by atoms with Crippen molar-refractivity contribution in [2.45, 2.75) is 26.4 Å². The summed E-state index contributed by atoms with van der Waals surface area (Å²) in [5.41, 5.74) is 1.53. The molecule has 1 aliphatic rings. The summed E-state index contributed by atoms with van der Waals surface area (Å²) in [5.74, 6) is 0.607. The van der Waals surface area contributed by atoms with Gasteiger partial charge in [0.2, 0.25) is 0 Å². The highest BCUT2D eigenvalue weighted by molar-refractivity contribution is 8.27. The minimum atomic E-state index is -0.152. The number of para-hydroxylation sites is 1. The van der Waals surface area contributed by atoms with Gasteiger partial charge < -0.3 is 4.74 Å². The molecule has 0 N–H and O–H groups in total. The highest BCUT2D eigenvalue weighted by atomic mass is 35.5. The number of anilines is 1. The molecule has 0 unspecified atom stereocenters. The third-order valence-corrected chi connectivity index (χ3v) is 5.51. The van der Waals surface area contributed by atoms with Crippen molar-refractivity contribution < 1.29 is 9.53 Å². The summed E-state index contributed by atoms with van der Waals surface area (Å²) in [6.45, 7) is 4.10. The third-order valence-electron chi connectivity index (χ3n) is 3.97. The number of carbonyl (C=O) groups excluding carboxylic acids is 1. The first-order valence-corrected chi connectivity index (χ1v) is 9.89. The van der Waals surface area contributed by atoms with E-state index in [1.165, 1.54) is 16.7 Å². The molecule has 134 valence electrons. The second-order valence-corrected chi connectivity index (χ2v) is 7.98. The molecule has 0 spiro atoms. The first-order valence-electron chi connectivity index (χ1n) is 8.28. The minimum absolute atomic E-state index is 0.102. The second-order valence-electron chi connectivity index (χ2n) is 5.87. The van der Waals surface area contributed by atoms with Crippen LogP contribution in [0.15, 0.2) is 53.4 Å². The number of nitrogens with zero attached hydrogens (tertiary/aromatic N) is 1. The molecule has 0 radical (unpaired) electrons. The molecule has 6 heteroatoms. The van der Waals surface area contributed by atoms with Crippen molar-refractivity contribution in [3.05, 3.63) is 64.0 Å². The van der Waals surface area contributed by atoms with Gasteiger partial charge in [0.15, 0.2) is 4.32 Å². The lowest BCUT2D eigenvalue weighted by molar-refractivity contribution is -0.113. The summed E-state index contributed by atoms with van der Waals surface area (Å²) in [7, 11) is 0. The van der Waals surface area contributed by atoms with Crippen molar-refractivity contribution in [1.82, 2.24) is 0 Å². The number of benzene rings is 2. The van der Waals surface area contributed by atoms with Crippen molar-refractivity contribution in [3.8, 4) is 5.75 Å². The van der Waals surface area contributed by atoms with Crippen LogP contribution in [-0.2, 0) is 4.79 Å². The number of hydrogen-bond acceptors (Lipinski definition) is 4. The standard InChI is InChI=1S/C20H18ClNO2S2/c1-3-13(2)24-17-10-5-4-7-14(17)11-18-19(23)22(20(25)26-18)16-9-6-8-15(21)12-16/h4-13H,3H2,1-2H3/b18-11-/t13-/m1/s1. The Labute approximate surface area is 168 Å². The van der Waals surface area contributed by atoms with E-state index in [0.29, 0.717) is 19.9 Å². The highest BCUT2D eigenvalue weighted by Gasteiger charge is 2.33. The van der Waals surface area contributed by atoms with Gasteiger partial charge in [0.25, 0.3) is 5.91 Å². The summed E-state index contributed by atoms with van der Waals surface area (Å²) >= 11 is 12.7. The predicted octanol–water partition coefficient (Wildman–Crippen LogP) is 5.92. The average molecular weight is 404 g/mol. The lowest BCUT2D eigenvalue weighted by Gasteiger charge is -2.15. The van der Waals surface area contributed by atoms with Crippen LogP contribution in [0.3, 0.4) is 0 Å². The Morgan fingerprint density at radius 2 is 2.04 bits per heavy atom. The van der Waals surface area contributed by atoms with Gasteiger partial charge in [-0.3, -0.25) is 9.69 Å². The van der Waals surface area contributed by atoms with Crippen LogP contribution in [0.4, 0.5) is 5.69 Å². The van der Waals surface area contributed by atoms with Crippen molar-refractivity contribution in [2.24, 2.45) is 0 Å². The maximum atomic E-state index is 12.9. The molecule has 1 atom stereocenters. The number of hydrogen-bond donors (Lipinski definition) is 0. The van der Waals surface area contributed by atoms with Crippen molar-refractivity contribution in [1.29, 1.82) is 0 Å². The molecule has 0 saturated carbocycles. The molecule has 3 nitrogen and oxygen atoms in total. The van der Waals surface area contributed by atoms with E-state index in [9.17, 15) is 4.79 Å². The zero-order valence-electron chi connectivity index (χ0n) is 14.4. The van der Waals surface area contributed by atoms with Crippen LogP contribution in [0.1, 0.15) is 25.8 Å². The van der Waals surface area contributed by atoms with E-state index in [1.54, 1.807) is 18.2 Å². The van der Waals surface area contributed by atoms with E-state index in [0.717, 1.165) is 17.7 Å². The van der Waals surface area contributed by atoms with Crippen LogP contribution in [0.25, 0.3) is 6.08 Å². The lowest BCUT2D eigenvalue weighted by atomic mass is 10.1. The Kier molecular flexibility index (Phi) is 6.01. The van der Waals surface area contributed by atoms with E-state index in [1.807, 2.05) is 43.3 Å². The van der Waals surface area contributed by atoms with Gasteiger partial charge in [0.05, 0.1) is 16.7 Å². The molecular formula is C20H18ClNO2S2. The maximum Gasteiger partial charge on any atom is 0.270 e. The van der Waals surface area contributed by atoms with Crippen LogP contribution in [-0.4, -0.2) is 16.3 Å². The lowest BCUT2D eigenvalue weighted by Crippen LogP contribution is -2.27. The van der Waals surface area contributed by atoms with Gasteiger partial charge in [-0.1, -0.05) is 66.8 Å². The molecule has 0 aromatic heterocycles. The topological polar surface area (TPSA) is 29.5 Å². The summed E-state index contributed by atoms with van der Waals surface area (Å²) < 4.78 is 6.45. The quantitative estimate of drug-likeness (QED) is 0.457. The average Bonchev–Trinajstić information content (AvgIpc) is 2.90. The fraction of sp³-hybridized carbons (Fsp3) is 0.200. The van der Waals surface area contributed by atoms with Gasteiger partial charge in [0.1, 0.15) is 5.75 Å². The van der Waals surface area contributed by atoms with E-state index in [2.05, 4.69) is 6.92 Å². The highest BCUT2D eigenvalue weighted by Crippen LogP contribution is 2.37. The predicted molar refractivity (Wildman–Crippen MR) is 114 cm³/mol. The van der Waals surface area contributed by atoms with Gasteiger partial charge in [-0.05, 0) is 43.7 Å². The molecule has 3 rings (SSSR count). The molecule has 26 heavy (non-hydrogen) atoms. The van der Waals surface area contributed by atoms with Crippen molar-refractivity contribution in [3.63, 3.8) is 0 Å². The van der Waals surface area contributed by atoms with E-state index < -0.39 is 0 Å². The molecule has 2 aromatic rings. The fourth-order valence-corrected chi connectivity index (χ4v) is 3.93. The van der Waals surface area contributed by atoms with E-state index in [4.69, 9.17) is 28.6 Å². The van der Waals surface area contributed by atoms with Crippen LogP contribution < -0.4 is 9.64 Å². The zero-order valence-corrected chi connectivity index (χ0v) is 16.8. The molecule has 0 aliphatic carbocycles. The number of amides is 1. The first kappa shape index (κ1) is 19.0. The van der Waals surface area contributed by atoms with Crippen LogP contribution in [0, 0.1) is 0 Å². The molecule has 1 amide bonds. The van der Waals surface area contributed by atoms with Crippen molar-refractivity contribution >= 4 is 57.6 Å². The van der Waals surface area contributed by atoms with E-state index >= 15 is 0 Å². The third kappa shape index (κ3) is 4.11. The Morgan fingerprint density at radius 3 is 2.77 bits per heavy atom. The number of halogens is 1. The monoisotopic (exact) mass is 403 g/mol. The number of rotatable bonds is 5. The van der Waals surface area contributed by atoms with Gasteiger partial charge in [-0.2, -0.15) is 0 Å². The summed E-state index contributed by atoms with van der Waals surface area (Å²) in [5, 5.41) is 0.563. The Morgan fingerprint density at radius 1 is 1.27 bits per heavy atom. The molecular weight excluding hydrogens is 386 g/mol. The normalized spacial score (nSPS) is 17.0. The smallest absolute Gasteiger partial charge is 0.270 e. The summed E-state index contributed by atoms with van der Waals surface area (Å²) in [4.78, 5) is 15.0. The second kappa shape index (κ2) is 8.25. The van der Waals surface area contributed by atoms with E-state index in [-0.39, 0.29) is 12.0 Å². The van der Waals surface area contributed by atoms with Crippen LogP contribution in [0.2, 0.25) is 5.02 Å². The first-order chi connectivity index (χ1) is 12.5. The molecule has 1 saturated heterocycles. The molecule has 0 bridgehead atoms. The van der Waals surface area contributed by atoms with Gasteiger partial charge in [-0.15, -0.1) is 0 Å². The van der Waals surface area contributed by atoms with Crippen LogP contribution in [0.5, 0.6) is 5.75 Å². The molecule has 1 fully saturated rings. The fourth-order valence-electron chi connectivity index (χ4n) is 2.45. The number of thioether (sulfide) groups is 1. The minimum Gasteiger partial charge on any atom is -0.490 e. The van der Waals surface area contributed by atoms with Gasteiger partial charge in [-0.25, -0.2) is 0 Å². The maximum absolute atomic E-state index is 12.9. The van der Waals surface area contributed by atoms with Crippen LogP contribution >= 0.6 is 35.6 Å². The summed E-state index contributed by atoms with van der Waals surface area (Å²) in [6, 6.07) is 14.8. The summed E-state index contributed by atoms with van der Waals surface area (Å²) in [6.07, 6.45) is 2.85. The Hall–Kier alpha value is -1.82. The number of carbonyl (C=O) groups is 1. The SMILES string of the molecule is CC[C@@H](C)Oc1ccccc1/C=C1\SC(=S)N(c2cccc(Cl)c2)C1=O. The number of thiocarbonyl (C=S) groups is 1. The Balaban J connectivity index is 1.92. The van der Waals surface area contributed by atoms with Crippen molar-refractivity contribution in [2.75, 3.05) is 4.90 Å². The van der Waals surface area contributed by atoms with Gasteiger partial charge >= 0.3 is 0 Å². The molecule has 1 heterocycles. The Bertz CT molecular complexity index is 882.